The third-order valence-corrected chi connectivity index (χ3v) is 4.26. The van der Waals surface area contributed by atoms with E-state index in [1.165, 1.54) is 44.9 Å². The van der Waals surface area contributed by atoms with Crippen LogP contribution in [0.3, 0.4) is 0 Å². The van der Waals surface area contributed by atoms with E-state index in [0.717, 1.165) is 12.0 Å². The predicted octanol–water partition coefficient (Wildman–Crippen LogP) is 5.65. The van der Waals surface area contributed by atoms with Gasteiger partial charge in [0, 0.05) is 17.0 Å². The summed E-state index contributed by atoms with van der Waals surface area (Å²) in [6.07, 6.45) is 10.0. The van der Waals surface area contributed by atoms with E-state index in [9.17, 15) is 10.1 Å². The molecule has 0 saturated carbocycles. The van der Waals surface area contributed by atoms with Crippen molar-refractivity contribution in [3.63, 3.8) is 0 Å². The van der Waals surface area contributed by atoms with Crippen LogP contribution in [-0.4, -0.2) is 9.75 Å². The van der Waals surface area contributed by atoms with Crippen molar-refractivity contribution in [1.29, 1.82) is 0 Å². The number of nitro benzene ring substituents is 1. The summed E-state index contributed by atoms with van der Waals surface area (Å²) in [5.41, 5.74) is 1.32. The number of nitro groups is 1. The Kier molecular flexibility index (Phi) is 8.51. The second kappa shape index (κ2) is 9.92. The van der Waals surface area contributed by atoms with Crippen LogP contribution in [0.4, 0.5) is 5.69 Å². The molecule has 0 aliphatic rings. The molecule has 112 valence electrons. The molecule has 0 radical (unpaired) electrons. The molecule has 3 nitrogen and oxygen atoms in total. The lowest BCUT2D eigenvalue weighted by atomic mass is 10.0. The van der Waals surface area contributed by atoms with Crippen molar-refractivity contribution >= 4 is 21.6 Å². The zero-order chi connectivity index (χ0) is 14.8. The topological polar surface area (TPSA) is 43.1 Å². The van der Waals surface area contributed by atoms with Crippen molar-refractivity contribution in [1.82, 2.24) is 0 Å². The van der Waals surface area contributed by atoms with Gasteiger partial charge in [0.15, 0.2) is 0 Å². The van der Waals surface area contributed by atoms with E-state index in [4.69, 9.17) is 0 Å². The Bertz CT molecular complexity index is 392. The summed E-state index contributed by atoms with van der Waals surface area (Å²) in [5.74, 6) is 0. The summed E-state index contributed by atoms with van der Waals surface area (Å²) in [5, 5.41) is 10.6. The standard InChI is InChI=1S/C16H24BrNO2/c1-2-3-4-5-6-7-8-15(17)13-14-9-11-16(12-10-14)18(19)20/h9-12,15H,2-8,13H2,1H3. The Hall–Kier alpha value is -0.900. The average molecular weight is 342 g/mol. The summed E-state index contributed by atoms with van der Waals surface area (Å²) in [6, 6.07) is 6.88. The molecule has 0 amide bonds. The van der Waals surface area contributed by atoms with Crippen molar-refractivity contribution < 1.29 is 4.92 Å². The van der Waals surface area contributed by atoms with Crippen LogP contribution in [0.25, 0.3) is 0 Å². The first-order chi connectivity index (χ1) is 9.63. The van der Waals surface area contributed by atoms with Gasteiger partial charge >= 0.3 is 0 Å². The molecule has 1 rings (SSSR count). The molecule has 0 heterocycles. The first kappa shape index (κ1) is 17.2. The van der Waals surface area contributed by atoms with Gasteiger partial charge in [0.05, 0.1) is 4.92 Å². The maximum atomic E-state index is 10.6. The van der Waals surface area contributed by atoms with E-state index in [0.29, 0.717) is 4.83 Å². The Morgan fingerprint density at radius 1 is 1.10 bits per heavy atom. The summed E-state index contributed by atoms with van der Waals surface area (Å²) in [4.78, 5) is 10.7. The van der Waals surface area contributed by atoms with Crippen molar-refractivity contribution in [2.45, 2.75) is 63.1 Å². The Labute approximate surface area is 130 Å². The van der Waals surface area contributed by atoms with Gasteiger partial charge < -0.3 is 0 Å². The molecule has 20 heavy (non-hydrogen) atoms. The van der Waals surface area contributed by atoms with E-state index >= 15 is 0 Å². The summed E-state index contributed by atoms with van der Waals surface area (Å²) in [7, 11) is 0. The number of benzene rings is 1. The molecule has 0 aliphatic carbocycles. The third kappa shape index (κ3) is 7.04. The minimum Gasteiger partial charge on any atom is -0.258 e. The zero-order valence-corrected chi connectivity index (χ0v) is 13.8. The van der Waals surface area contributed by atoms with Crippen LogP contribution in [0.5, 0.6) is 0 Å². The van der Waals surface area contributed by atoms with Gasteiger partial charge in [0.25, 0.3) is 5.69 Å². The van der Waals surface area contributed by atoms with Gasteiger partial charge in [-0.05, 0) is 18.4 Å². The van der Waals surface area contributed by atoms with E-state index in [-0.39, 0.29) is 10.6 Å². The van der Waals surface area contributed by atoms with E-state index in [1.54, 1.807) is 12.1 Å². The summed E-state index contributed by atoms with van der Waals surface area (Å²) in [6.45, 7) is 2.23. The van der Waals surface area contributed by atoms with Crippen LogP contribution in [-0.2, 0) is 6.42 Å². The van der Waals surface area contributed by atoms with Crippen LogP contribution in [0.15, 0.2) is 24.3 Å². The average Bonchev–Trinajstić information content (AvgIpc) is 2.43. The number of alkyl halides is 1. The van der Waals surface area contributed by atoms with E-state index in [2.05, 4.69) is 22.9 Å². The van der Waals surface area contributed by atoms with Gasteiger partial charge in [-0.1, -0.05) is 73.5 Å². The van der Waals surface area contributed by atoms with Gasteiger partial charge in [0.1, 0.15) is 0 Å². The normalized spacial score (nSPS) is 12.3. The molecule has 0 bridgehead atoms. The lowest BCUT2D eigenvalue weighted by Crippen LogP contribution is -2.02. The molecule has 0 fully saturated rings. The maximum absolute atomic E-state index is 10.6. The molecule has 4 heteroatoms. The quantitative estimate of drug-likeness (QED) is 0.239. The van der Waals surface area contributed by atoms with Crippen LogP contribution >= 0.6 is 15.9 Å². The molecule has 1 aromatic rings. The minimum absolute atomic E-state index is 0.163. The van der Waals surface area contributed by atoms with Gasteiger partial charge in [-0.15, -0.1) is 0 Å². The van der Waals surface area contributed by atoms with Crippen molar-refractivity contribution in [2.24, 2.45) is 0 Å². The first-order valence-electron chi connectivity index (χ1n) is 7.51. The number of nitrogens with zero attached hydrogens (tertiary/aromatic N) is 1. The summed E-state index contributed by atoms with van der Waals surface area (Å²) >= 11 is 3.71. The monoisotopic (exact) mass is 341 g/mol. The van der Waals surface area contributed by atoms with Crippen LogP contribution in [0.2, 0.25) is 0 Å². The summed E-state index contributed by atoms with van der Waals surface area (Å²) < 4.78 is 0. The van der Waals surface area contributed by atoms with Crippen LogP contribution in [0, 0.1) is 10.1 Å². The highest BCUT2D eigenvalue weighted by Crippen LogP contribution is 2.19. The molecule has 0 saturated heterocycles. The second-order valence-corrected chi connectivity index (χ2v) is 6.58. The lowest BCUT2D eigenvalue weighted by Gasteiger charge is -2.09. The number of hydrogen-bond acceptors (Lipinski definition) is 2. The second-order valence-electron chi connectivity index (χ2n) is 5.28. The number of unbranched alkanes of at least 4 members (excludes halogenated alkanes) is 5. The highest BCUT2D eigenvalue weighted by molar-refractivity contribution is 9.09. The number of non-ortho nitro benzene ring substituents is 1. The molecule has 1 atom stereocenters. The van der Waals surface area contributed by atoms with Crippen molar-refractivity contribution in [3.8, 4) is 0 Å². The fourth-order valence-electron chi connectivity index (χ4n) is 2.26. The van der Waals surface area contributed by atoms with Gasteiger partial charge in [-0.2, -0.15) is 0 Å². The predicted molar refractivity (Wildman–Crippen MR) is 87.5 cm³/mol. The van der Waals surface area contributed by atoms with E-state index in [1.807, 2.05) is 12.1 Å². The fourth-order valence-corrected chi connectivity index (χ4v) is 2.96. The lowest BCUT2D eigenvalue weighted by molar-refractivity contribution is -0.384. The van der Waals surface area contributed by atoms with Crippen molar-refractivity contribution in [2.75, 3.05) is 0 Å². The Balaban J connectivity index is 2.21. The highest BCUT2D eigenvalue weighted by Gasteiger charge is 2.08. The van der Waals surface area contributed by atoms with Gasteiger partial charge in [0.2, 0.25) is 0 Å². The first-order valence-corrected chi connectivity index (χ1v) is 8.42. The molecule has 0 spiro atoms. The van der Waals surface area contributed by atoms with Crippen molar-refractivity contribution in [3.05, 3.63) is 39.9 Å². The SMILES string of the molecule is CCCCCCCCC(Br)Cc1ccc([N+](=O)[O-])cc1. The Morgan fingerprint density at radius 3 is 2.30 bits per heavy atom. The third-order valence-electron chi connectivity index (χ3n) is 3.48. The molecule has 1 aromatic carbocycles. The van der Waals surface area contributed by atoms with Gasteiger partial charge in [-0.3, -0.25) is 10.1 Å². The maximum Gasteiger partial charge on any atom is 0.269 e. The molecule has 0 aromatic heterocycles. The number of hydrogen-bond donors (Lipinski definition) is 0. The number of rotatable bonds is 10. The molecule has 0 aliphatic heterocycles. The van der Waals surface area contributed by atoms with Gasteiger partial charge in [-0.25, -0.2) is 0 Å². The van der Waals surface area contributed by atoms with Crippen LogP contribution < -0.4 is 0 Å². The zero-order valence-electron chi connectivity index (χ0n) is 12.2. The van der Waals surface area contributed by atoms with Crippen LogP contribution in [0.1, 0.15) is 57.4 Å². The fraction of sp³-hybridized carbons (Fsp3) is 0.625. The van der Waals surface area contributed by atoms with E-state index < -0.39 is 0 Å². The minimum atomic E-state index is -0.355. The smallest absolute Gasteiger partial charge is 0.258 e. The molecular weight excluding hydrogens is 318 g/mol. The Morgan fingerprint density at radius 2 is 1.70 bits per heavy atom. The molecule has 1 unspecified atom stereocenters. The molecule has 0 N–H and O–H groups in total. The number of halogens is 1. The largest absolute Gasteiger partial charge is 0.269 e. The molecular formula is C16H24BrNO2. The highest BCUT2D eigenvalue weighted by atomic mass is 79.9.